The molecule has 0 atom stereocenters. The third-order valence-corrected chi connectivity index (χ3v) is 2.98. The SMILES string of the molecule is NC(=O)c1cc(-c2ccc(C(F)(F)F)cc2C(F)(F)F)ccn1. The van der Waals surface area contributed by atoms with Crippen molar-refractivity contribution < 1.29 is 31.1 Å². The molecule has 0 radical (unpaired) electrons. The summed E-state index contributed by atoms with van der Waals surface area (Å²) in [4.78, 5) is 14.6. The van der Waals surface area contributed by atoms with E-state index in [0.717, 1.165) is 18.3 Å². The lowest BCUT2D eigenvalue weighted by molar-refractivity contribution is -0.142. The lowest BCUT2D eigenvalue weighted by atomic mass is 9.97. The van der Waals surface area contributed by atoms with Crippen molar-refractivity contribution in [3.05, 3.63) is 53.3 Å². The first-order chi connectivity index (χ1) is 10.5. The van der Waals surface area contributed by atoms with Gasteiger partial charge < -0.3 is 5.73 Å². The van der Waals surface area contributed by atoms with Gasteiger partial charge in [0.15, 0.2) is 0 Å². The van der Waals surface area contributed by atoms with Gasteiger partial charge in [0.2, 0.25) is 0 Å². The number of carbonyl (C=O) groups excluding carboxylic acids is 1. The quantitative estimate of drug-likeness (QED) is 0.847. The minimum absolute atomic E-state index is 0.0275. The fourth-order valence-electron chi connectivity index (χ4n) is 1.94. The van der Waals surface area contributed by atoms with Gasteiger partial charge in [0.1, 0.15) is 5.69 Å². The number of rotatable bonds is 2. The van der Waals surface area contributed by atoms with Gasteiger partial charge in [-0.25, -0.2) is 0 Å². The number of halogens is 6. The molecule has 3 nitrogen and oxygen atoms in total. The molecule has 0 aliphatic rings. The minimum Gasteiger partial charge on any atom is -0.364 e. The Labute approximate surface area is 125 Å². The predicted octanol–water partition coefficient (Wildman–Crippen LogP) is 3.89. The molecule has 0 unspecified atom stereocenters. The Hall–Kier alpha value is -2.58. The standard InChI is InChI=1S/C14H8F6N2O/c15-13(16,17)8-1-2-9(10(6-8)14(18,19)20)7-3-4-22-11(5-7)12(21)23/h1-6H,(H2,21,23). The predicted molar refractivity (Wildman–Crippen MR) is 68.2 cm³/mol. The largest absolute Gasteiger partial charge is 0.417 e. The molecule has 0 bridgehead atoms. The van der Waals surface area contributed by atoms with Crippen molar-refractivity contribution in [3.63, 3.8) is 0 Å². The smallest absolute Gasteiger partial charge is 0.364 e. The molecular formula is C14H8F6N2O. The Kier molecular flexibility index (Phi) is 4.06. The summed E-state index contributed by atoms with van der Waals surface area (Å²) in [6.45, 7) is 0. The van der Waals surface area contributed by atoms with Crippen molar-refractivity contribution in [2.24, 2.45) is 5.73 Å². The van der Waals surface area contributed by atoms with Crippen molar-refractivity contribution in [3.8, 4) is 11.1 Å². The number of pyridine rings is 1. The summed E-state index contributed by atoms with van der Waals surface area (Å²) in [5.74, 6) is -0.965. The Morgan fingerprint density at radius 1 is 0.957 bits per heavy atom. The van der Waals surface area contributed by atoms with Gasteiger partial charge in [0.05, 0.1) is 11.1 Å². The first-order valence-corrected chi connectivity index (χ1v) is 6.05. The van der Waals surface area contributed by atoms with Crippen LogP contribution in [0.4, 0.5) is 26.3 Å². The normalized spacial score (nSPS) is 12.3. The number of nitrogens with two attached hydrogens (primary N) is 1. The topological polar surface area (TPSA) is 56.0 Å². The van der Waals surface area contributed by atoms with Crippen LogP contribution >= 0.6 is 0 Å². The molecule has 0 aliphatic heterocycles. The summed E-state index contributed by atoms with van der Waals surface area (Å²) in [5, 5.41) is 0. The number of aromatic nitrogens is 1. The Bertz CT molecular complexity index is 752. The second kappa shape index (κ2) is 5.56. The first kappa shape index (κ1) is 16.8. The first-order valence-electron chi connectivity index (χ1n) is 6.05. The van der Waals surface area contributed by atoms with Gasteiger partial charge >= 0.3 is 12.4 Å². The van der Waals surface area contributed by atoms with Gasteiger partial charge in [-0.2, -0.15) is 26.3 Å². The molecule has 23 heavy (non-hydrogen) atoms. The van der Waals surface area contributed by atoms with E-state index in [1.807, 2.05) is 0 Å². The Balaban J connectivity index is 2.67. The highest BCUT2D eigenvalue weighted by Gasteiger charge is 2.38. The van der Waals surface area contributed by atoms with Gasteiger partial charge in [-0.15, -0.1) is 0 Å². The maximum Gasteiger partial charge on any atom is 0.417 e. The van der Waals surface area contributed by atoms with Crippen LogP contribution in [0.3, 0.4) is 0 Å². The molecule has 1 aromatic carbocycles. The number of benzene rings is 1. The lowest BCUT2D eigenvalue weighted by Gasteiger charge is -2.16. The van der Waals surface area contributed by atoms with E-state index in [0.29, 0.717) is 12.1 Å². The number of amides is 1. The highest BCUT2D eigenvalue weighted by Crippen LogP contribution is 2.40. The van der Waals surface area contributed by atoms with Crippen LogP contribution in [-0.4, -0.2) is 10.9 Å². The zero-order valence-corrected chi connectivity index (χ0v) is 11.2. The fraction of sp³-hybridized carbons (Fsp3) is 0.143. The lowest BCUT2D eigenvalue weighted by Crippen LogP contribution is -2.14. The van der Waals surface area contributed by atoms with Crippen LogP contribution in [0.5, 0.6) is 0 Å². The van der Waals surface area contributed by atoms with E-state index in [1.54, 1.807) is 0 Å². The molecule has 0 aliphatic carbocycles. The molecular weight excluding hydrogens is 326 g/mol. The summed E-state index contributed by atoms with van der Waals surface area (Å²) in [7, 11) is 0. The second-order valence-corrected chi connectivity index (χ2v) is 4.55. The molecule has 122 valence electrons. The van der Waals surface area contributed by atoms with E-state index in [2.05, 4.69) is 4.98 Å². The molecule has 9 heteroatoms. The summed E-state index contributed by atoms with van der Waals surface area (Å²) >= 11 is 0. The summed E-state index contributed by atoms with van der Waals surface area (Å²) in [6, 6.07) is 3.39. The van der Waals surface area contributed by atoms with Gasteiger partial charge in [0, 0.05) is 6.20 Å². The number of nitrogens with zero attached hydrogens (tertiary/aromatic N) is 1. The van der Waals surface area contributed by atoms with Crippen LogP contribution in [0.2, 0.25) is 0 Å². The highest BCUT2D eigenvalue weighted by molar-refractivity contribution is 5.92. The van der Waals surface area contributed by atoms with E-state index in [-0.39, 0.29) is 17.3 Å². The van der Waals surface area contributed by atoms with Crippen LogP contribution in [0.25, 0.3) is 11.1 Å². The second-order valence-electron chi connectivity index (χ2n) is 4.55. The van der Waals surface area contributed by atoms with E-state index >= 15 is 0 Å². The molecule has 0 saturated heterocycles. The average molecular weight is 334 g/mol. The van der Waals surface area contributed by atoms with E-state index < -0.39 is 35.0 Å². The van der Waals surface area contributed by atoms with Crippen molar-refractivity contribution in [1.29, 1.82) is 0 Å². The van der Waals surface area contributed by atoms with Crippen LogP contribution in [-0.2, 0) is 12.4 Å². The average Bonchev–Trinajstić information content (AvgIpc) is 2.45. The number of primary amides is 1. The maximum atomic E-state index is 13.1. The van der Waals surface area contributed by atoms with Gasteiger partial charge in [-0.05, 0) is 35.4 Å². The van der Waals surface area contributed by atoms with Crippen LogP contribution < -0.4 is 5.73 Å². The van der Waals surface area contributed by atoms with E-state index in [9.17, 15) is 31.1 Å². The third-order valence-electron chi connectivity index (χ3n) is 2.98. The van der Waals surface area contributed by atoms with Crippen molar-refractivity contribution in [1.82, 2.24) is 4.98 Å². The number of hydrogen-bond acceptors (Lipinski definition) is 2. The molecule has 0 fully saturated rings. The highest BCUT2D eigenvalue weighted by atomic mass is 19.4. The minimum atomic E-state index is -5.01. The molecule has 2 aromatic rings. The van der Waals surface area contributed by atoms with Crippen LogP contribution in [0.15, 0.2) is 36.5 Å². The number of alkyl halides is 6. The van der Waals surface area contributed by atoms with Crippen LogP contribution in [0, 0.1) is 0 Å². The maximum absolute atomic E-state index is 13.1. The van der Waals surface area contributed by atoms with Gasteiger partial charge in [-0.1, -0.05) is 6.07 Å². The summed E-state index contributed by atoms with van der Waals surface area (Å²) < 4.78 is 77.1. The fourth-order valence-corrected chi connectivity index (χ4v) is 1.94. The molecule has 0 spiro atoms. The molecule has 1 heterocycles. The number of carbonyl (C=O) groups is 1. The van der Waals surface area contributed by atoms with Crippen molar-refractivity contribution in [2.75, 3.05) is 0 Å². The van der Waals surface area contributed by atoms with Crippen molar-refractivity contribution in [2.45, 2.75) is 12.4 Å². The Morgan fingerprint density at radius 3 is 2.13 bits per heavy atom. The van der Waals surface area contributed by atoms with Gasteiger partial charge in [-0.3, -0.25) is 9.78 Å². The van der Waals surface area contributed by atoms with Crippen molar-refractivity contribution >= 4 is 5.91 Å². The molecule has 2 N–H and O–H groups in total. The molecule has 0 saturated carbocycles. The zero-order chi connectivity index (χ0) is 17.4. The van der Waals surface area contributed by atoms with Gasteiger partial charge in [0.25, 0.3) is 5.91 Å². The molecule has 2 rings (SSSR count). The van der Waals surface area contributed by atoms with Crippen LogP contribution in [0.1, 0.15) is 21.6 Å². The van der Waals surface area contributed by atoms with E-state index in [1.165, 1.54) is 0 Å². The monoisotopic (exact) mass is 334 g/mol. The summed E-state index contributed by atoms with van der Waals surface area (Å²) in [6.07, 6.45) is -8.87. The molecule has 1 aromatic heterocycles. The third kappa shape index (κ3) is 3.61. The molecule has 1 amide bonds. The number of hydrogen-bond donors (Lipinski definition) is 1. The Morgan fingerprint density at radius 2 is 1.61 bits per heavy atom. The zero-order valence-electron chi connectivity index (χ0n) is 11.2. The summed E-state index contributed by atoms with van der Waals surface area (Å²) in [5.41, 5.74) is 1.19. The van der Waals surface area contributed by atoms with E-state index in [4.69, 9.17) is 5.73 Å².